The van der Waals surface area contributed by atoms with E-state index in [-0.39, 0.29) is 5.78 Å². The maximum Gasteiger partial charge on any atom is 0.193 e. The number of hydrogen-bond donors (Lipinski definition) is 0. The second-order valence-electron chi connectivity index (χ2n) is 7.76. The molecule has 0 aromatic heterocycles. The standard InChI is InChI=1S/C31H22O/c32-31(27-14-8-3-9-15-27)30-22-28(24-12-6-2-7-13-24)20-21-29(30)26-18-16-25(17-19-26)23-10-4-1-5-11-23/h1-22H. The van der Waals surface area contributed by atoms with Crippen molar-refractivity contribution in [3.8, 4) is 33.4 Å². The van der Waals surface area contributed by atoms with Crippen LogP contribution in [0.4, 0.5) is 0 Å². The monoisotopic (exact) mass is 410 g/mol. The molecule has 5 aromatic rings. The predicted octanol–water partition coefficient (Wildman–Crippen LogP) is 7.92. The van der Waals surface area contributed by atoms with E-state index < -0.39 is 0 Å². The summed E-state index contributed by atoms with van der Waals surface area (Å²) >= 11 is 0. The summed E-state index contributed by atoms with van der Waals surface area (Å²) in [5.41, 5.74) is 7.85. The topological polar surface area (TPSA) is 17.1 Å². The van der Waals surface area contributed by atoms with E-state index in [1.807, 2.05) is 72.8 Å². The lowest BCUT2D eigenvalue weighted by molar-refractivity contribution is 0.103. The van der Waals surface area contributed by atoms with Crippen LogP contribution < -0.4 is 0 Å². The Labute approximate surface area is 188 Å². The van der Waals surface area contributed by atoms with Crippen molar-refractivity contribution < 1.29 is 4.79 Å². The van der Waals surface area contributed by atoms with Gasteiger partial charge in [0.2, 0.25) is 0 Å². The van der Waals surface area contributed by atoms with E-state index in [0.29, 0.717) is 11.1 Å². The molecule has 0 heterocycles. The molecule has 0 aliphatic rings. The van der Waals surface area contributed by atoms with Gasteiger partial charge in [0, 0.05) is 11.1 Å². The average molecular weight is 411 g/mol. The Balaban J connectivity index is 1.60. The zero-order chi connectivity index (χ0) is 21.8. The minimum atomic E-state index is 0.0329. The van der Waals surface area contributed by atoms with Crippen molar-refractivity contribution in [2.24, 2.45) is 0 Å². The summed E-state index contributed by atoms with van der Waals surface area (Å²) in [7, 11) is 0. The first-order chi connectivity index (χ1) is 15.8. The number of hydrogen-bond acceptors (Lipinski definition) is 1. The fourth-order valence-corrected chi connectivity index (χ4v) is 4.01. The lowest BCUT2D eigenvalue weighted by atomic mass is 9.90. The lowest BCUT2D eigenvalue weighted by Crippen LogP contribution is -2.04. The minimum Gasteiger partial charge on any atom is -0.289 e. The molecule has 0 bridgehead atoms. The third kappa shape index (κ3) is 4.01. The largest absolute Gasteiger partial charge is 0.289 e. The summed E-state index contributed by atoms with van der Waals surface area (Å²) in [4.78, 5) is 13.5. The summed E-state index contributed by atoms with van der Waals surface area (Å²) in [6.07, 6.45) is 0. The molecule has 1 nitrogen and oxygen atoms in total. The molecule has 0 saturated heterocycles. The van der Waals surface area contributed by atoms with Crippen molar-refractivity contribution in [3.05, 3.63) is 145 Å². The second kappa shape index (κ2) is 8.87. The Morgan fingerprint density at radius 1 is 0.406 bits per heavy atom. The normalized spacial score (nSPS) is 10.6. The van der Waals surface area contributed by atoms with Gasteiger partial charge in [-0.25, -0.2) is 0 Å². The van der Waals surface area contributed by atoms with Crippen LogP contribution in [0.25, 0.3) is 33.4 Å². The molecule has 1 heteroatoms. The van der Waals surface area contributed by atoms with Gasteiger partial charge in [0.1, 0.15) is 0 Å². The van der Waals surface area contributed by atoms with Crippen LogP contribution in [0.5, 0.6) is 0 Å². The average Bonchev–Trinajstić information content (AvgIpc) is 2.89. The fraction of sp³-hybridized carbons (Fsp3) is 0. The van der Waals surface area contributed by atoms with Crippen LogP contribution in [0.1, 0.15) is 15.9 Å². The van der Waals surface area contributed by atoms with Crippen LogP contribution >= 0.6 is 0 Å². The third-order valence-corrected chi connectivity index (χ3v) is 5.71. The number of carbonyl (C=O) groups excluding carboxylic acids is 1. The number of carbonyl (C=O) groups is 1. The molecule has 5 aromatic carbocycles. The first-order valence-corrected chi connectivity index (χ1v) is 10.7. The van der Waals surface area contributed by atoms with Gasteiger partial charge >= 0.3 is 0 Å². The molecular weight excluding hydrogens is 388 g/mol. The Morgan fingerprint density at radius 3 is 1.44 bits per heavy atom. The molecule has 0 unspecified atom stereocenters. The van der Waals surface area contributed by atoms with Crippen LogP contribution in [0.2, 0.25) is 0 Å². The van der Waals surface area contributed by atoms with Gasteiger partial charge in [-0.3, -0.25) is 4.79 Å². The summed E-state index contributed by atoms with van der Waals surface area (Å²) in [6, 6.07) is 44.6. The zero-order valence-electron chi connectivity index (χ0n) is 17.6. The Kier molecular flexibility index (Phi) is 5.47. The summed E-state index contributed by atoms with van der Waals surface area (Å²) < 4.78 is 0. The minimum absolute atomic E-state index is 0.0329. The lowest BCUT2D eigenvalue weighted by Gasteiger charge is -2.13. The third-order valence-electron chi connectivity index (χ3n) is 5.71. The summed E-state index contributed by atoms with van der Waals surface area (Å²) in [5.74, 6) is 0.0329. The number of ketones is 1. The smallest absolute Gasteiger partial charge is 0.193 e. The molecule has 0 N–H and O–H groups in total. The molecule has 0 fully saturated rings. The molecule has 0 aliphatic carbocycles. The van der Waals surface area contributed by atoms with Gasteiger partial charge < -0.3 is 0 Å². The van der Waals surface area contributed by atoms with Crippen molar-refractivity contribution in [3.63, 3.8) is 0 Å². The van der Waals surface area contributed by atoms with E-state index in [9.17, 15) is 4.79 Å². The second-order valence-corrected chi connectivity index (χ2v) is 7.76. The highest BCUT2D eigenvalue weighted by molar-refractivity contribution is 6.13. The molecule has 0 atom stereocenters. The van der Waals surface area contributed by atoms with Crippen LogP contribution in [-0.4, -0.2) is 5.78 Å². The van der Waals surface area contributed by atoms with E-state index in [2.05, 4.69) is 60.7 Å². The van der Waals surface area contributed by atoms with E-state index in [1.54, 1.807) is 0 Å². The maximum atomic E-state index is 13.5. The number of benzene rings is 5. The van der Waals surface area contributed by atoms with Crippen LogP contribution in [0.3, 0.4) is 0 Å². The quantitative estimate of drug-likeness (QED) is 0.269. The molecule has 0 radical (unpaired) electrons. The molecule has 152 valence electrons. The Morgan fingerprint density at radius 2 is 0.844 bits per heavy atom. The zero-order valence-corrected chi connectivity index (χ0v) is 17.6. The van der Waals surface area contributed by atoms with Crippen molar-refractivity contribution in [2.45, 2.75) is 0 Å². The van der Waals surface area contributed by atoms with E-state index in [0.717, 1.165) is 27.8 Å². The molecular formula is C31H22O. The van der Waals surface area contributed by atoms with Crippen molar-refractivity contribution in [1.82, 2.24) is 0 Å². The fourth-order valence-electron chi connectivity index (χ4n) is 4.01. The highest BCUT2D eigenvalue weighted by Crippen LogP contribution is 2.32. The van der Waals surface area contributed by atoms with E-state index in [4.69, 9.17) is 0 Å². The molecule has 0 spiro atoms. The van der Waals surface area contributed by atoms with Crippen LogP contribution in [0.15, 0.2) is 133 Å². The summed E-state index contributed by atoms with van der Waals surface area (Å²) in [6.45, 7) is 0. The van der Waals surface area contributed by atoms with Crippen LogP contribution in [0, 0.1) is 0 Å². The van der Waals surface area contributed by atoms with Crippen molar-refractivity contribution >= 4 is 5.78 Å². The molecule has 5 rings (SSSR count). The first kappa shape index (κ1) is 19.7. The Bertz CT molecular complexity index is 1340. The van der Waals surface area contributed by atoms with Gasteiger partial charge in [-0.2, -0.15) is 0 Å². The molecule has 32 heavy (non-hydrogen) atoms. The van der Waals surface area contributed by atoms with Gasteiger partial charge in [-0.15, -0.1) is 0 Å². The summed E-state index contributed by atoms with van der Waals surface area (Å²) in [5, 5.41) is 0. The van der Waals surface area contributed by atoms with Crippen molar-refractivity contribution in [1.29, 1.82) is 0 Å². The van der Waals surface area contributed by atoms with Gasteiger partial charge in [-0.1, -0.05) is 127 Å². The van der Waals surface area contributed by atoms with Crippen molar-refractivity contribution in [2.75, 3.05) is 0 Å². The highest BCUT2D eigenvalue weighted by Gasteiger charge is 2.16. The number of rotatable bonds is 5. The SMILES string of the molecule is O=C(c1ccccc1)c1cc(-c2ccccc2)ccc1-c1ccc(-c2ccccc2)cc1. The van der Waals surface area contributed by atoms with Gasteiger partial charge in [-0.05, 0) is 39.4 Å². The Hall–Kier alpha value is -4.23. The van der Waals surface area contributed by atoms with E-state index in [1.165, 1.54) is 5.56 Å². The van der Waals surface area contributed by atoms with Gasteiger partial charge in [0.15, 0.2) is 5.78 Å². The van der Waals surface area contributed by atoms with Gasteiger partial charge in [0.25, 0.3) is 0 Å². The molecule has 0 amide bonds. The molecule has 0 saturated carbocycles. The maximum absolute atomic E-state index is 13.5. The predicted molar refractivity (Wildman–Crippen MR) is 133 cm³/mol. The van der Waals surface area contributed by atoms with Crippen LogP contribution in [-0.2, 0) is 0 Å². The molecule has 0 aliphatic heterocycles. The van der Waals surface area contributed by atoms with E-state index >= 15 is 0 Å². The van der Waals surface area contributed by atoms with Gasteiger partial charge in [0.05, 0.1) is 0 Å². The first-order valence-electron chi connectivity index (χ1n) is 10.7. The highest BCUT2D eigenvalue weighted by atomic mass is 16.1.